The molecule has 0 aliphatic rings. The maximum atomic E-state index is 5.60. The van der Waals surface area contributed by atoms with E-state index in [1.807, 2.05) is 0 Å². The second-order valence-corrected chi connectivity index (χ2v) is 5.18. The molecule has 0 unspecified atom stereocenters. The summed E-state index contributed by atoms with van der Waals surface area (Å²) >= 11 is 0. The molecule has 0 atom stereocenters. The molecule has 0 radical (unpaired) electrons. The Morgan fingerprint density at radius 2 is 1.79 bits per heavy atom. The van der Waals surface area contributed by atoms with Gasteiger partial charge in [0.15, 0.2) is 0 Å². The van der Waals surface area contributed by atoms with E-state index in [2.05, 4.69) is 54.8 Å². The molecular formula is C17H24N2. The summed E-state index contributed by atoms with van der Waals surface area (Å²) in [7, 11) is 0. The fourth-order valence-corrected chi connectivity index (χ4v) is 2.65. The number of nitrogens with two attached hydrogens (primary N) is 1. The zero-order valence-electron chi connectivity index (χ0n) is 12.0. The van der Waals surface area contributed by atoms with Crippen LogP contribution in [0.3, 0.4) is 0 Å². The third-order valence-corrected chi connectivity index (χ3v) is 3.80. The van der Waals surface area contributed by atoms with Crippen LogP contribution in [0.2, 0.25) is 0 Å². The van der Waals surface area contributed by atoms with E-state index in [1.54, 1.807) is 0 Å². The summed E-state index contributed by atoms with van der Waals surface area (Å²) in [5, 5.41) is 0. The molecule has 19 heavy (non-hydrogen) atoms. The van der Waals surface area contributed by atoms with Crippen LogP contribution in [0.4, 0.5) is 0 Å². The van der Waals surface area contributed by atoms with Crippen LogP contribution in [-0.2, 0) is 19.4 Å². The highest BCUT2D eigenvalue weighted by Gasteiger charge is 2.08. The first-order valence-corrected chi connectivity index (χ1v) is 7.12. The minimum absolute atomic E-state index is 0.772. The molecule has 0 saturated heterocycles. The zero-order chi connectivity index (χ0) is 13.7. The van der Waals surface area contributed by atoms with Crippen molar-refractivity contribution >= 4 is 0 Å². The second-order valence-electron chi connectivity index (χ2n) is 5.18. The van der Waals surface area contributed by atoms with E-state index in [4.69, 9.17) is 5.73 Å². The van der Waals surface area contributed by atoms with Gasteiger partial charge in [-0.15, -0.1) is 0 Å². The van der Waals surface area contributed by atoms with E-state index in [0.29, 0.717) is 0 Å². The molecule has 0 saturated carbocycles. The molecule has 0 amide bonds. The first kappa shape index (κ1) is 13.9. The predicted molar refractivity (Wildman–Crippen MR) is 81.4 cm³/mol. The van der Waals surface area contributed by atoms with Crippen molar-refractivity contribution in [3.05, 3.63) is 58.9 Å². The maximum absolute atomic E-state index is 5.60. The Kier molecular flexibility index (Phi) is 4.80. The van der Waals surface area contributed by atoms with Crippen molar-refractivity contribution in [1.82, 2.24) is 4.57 Å². The van der Waals surface area contributed by atoms with Crippen molar-refractivity contribution in [1.29, 1.82) is 0 Å². The number of benzene rings is 1. The van der Waals surface area contributed by atoms with Crippen molar-refractivity contribution in [3.8, 4) is 0 Å². The summed E-state index contributed by atoms with van der Waals surface area (Å²) in [6.45, 7) is 6.26. The minimum Gasteiger partial charge on any atom is -0.349 e. The second kappa shape index (κ2) is 6.58. The van der Waals surface area contributed by atoms with E-state index >= 15 is 0 Å². The molecular weight excluding hydrogens is 232 g/mol. The molecule has 0 bridgehead atoms. The van der Waals surface area contributed by atoms with Crippen LogP contribution < -0.4 is 5.73 Å². The van der Waals surface area contributed by atoms with Crippen LogP contribution >= 0.6 is 0 Å². The molecule has 1 aromatic heterocycles. The number of hydrogen-bond donors (Lipinski definition) is 1. The van der Waals surface area contributed by atoms with E-state index < -0.39 is 0 Å². The van der Waals surface area contributed by atoms with Gasteiger partial charge in [0.05, 0.1) is 0 Å². The van der Waals surface area contributed by atoms with Crippen molar-refractivity contribution in [3.63, 3.8) is 0 Å². The highest BCUT2D eigenvalue weighted by atomic mass is 15.0. The maximum Gasteiger partial charge on any atom is 0.0265 e. The number of aryl methyl sites for hydroxylation is 3. The Balaban J connectivity index is 2.06. The average molecular weight is 256 g/mol. The lowest BCUT2D eigenvalue weighted by Gasteiger charge is -2.10. The fraction of sp³-hybridized carbons (Fsp3) is 0.412. The molecule has 1 heterocycles. The molecule has 1 aromatic carbocycles. The molecule has 2 heteroatoms. The monoisotopic (exact) mass is 256 g/mol. The standard InChI is InChI=1S/C17H24N2/c1-14-13-17(9-6-11-18)15(2)19(14)12-10-16-7-4-3-5-8-16/h3-5,7-8,13H,6,9-12,18H2,1-2H3. The van der Waals surface area contributed by atoms with Gasteiger partial charge in [-0.25, -0.2) is 0 Å². The van der Waals surface area contributed by atoms with Gasteiger partial charge in [0.2, 0.25) is 0 Å². The molecule has 0 spiro atoms. The van der Waals surface area contributed by atoms with Gasteiger partial charge in [0.1, 0.15) is 0 Å². The molecule has 2 rings (SSSR count). The highest BCUT2D eigenvalue weighted by molar-refractivity contribution is 5.27. The molecule has 0 fully saturated rings. The van der Waals surface area contributed by atoms with Gasteiger partial charge >= 0.3 is 0 Å². The van der Waals surface area contributed by atoms with Crippen LogP contribution in [-0.4, -0.2) is 11.1 Å². The van der Waals surface area contributed by atoms with Crippen LogP contribution in [0.5, 0.6) is 0 Å². The largest absolute Gasteiger partial charge is 0.349 e. The van der Waals surface area contributed by atoms with E-state index in [0.717, 1.165) is 32.4 Å². The Morgan fingerprint density at radius 1 is 1.05 bits per heavy atom. The summed E-state index contributed by atoms with van der Waals surface area (Å²) in [5.41, 5.74) is 11.2. The number of hydrogen-bond acceptors (Lipinski definition) is 1. The van der Waals surface area contributed by atoms with Crippen molar-refractivity contribution < 1.29 is 0 Å². The Bertz CT molecular complexity index is 512. The molecule has 0 aliphatic carbocycles. The topological polar surface area (TPSA) is 30.9 Å². The molecule has 2 aromatic rings. The zero-order valence-corrected chi connectivity index (χ0v) is 12.0. The minimum atomic E-state index is 0.772. The summed E-state index contributed by atoms with van der Waals surface area (Å²) in [4.78, 5) is 0. The van der Waals surface area contributed by atoms with Crippen molar-refractivity contribution in [2.45, 2.75) is 39.7 Å². The molecule has 2 N–H and O–H groups in total. The summed E-state index contributed by atoms with van der Waals surface area (Å²) < 4.78 is 2.43. The highest BCUT2D eigenvalue weighted by Crippen LogP contribution is 2.17. The smallest absolute Gasteiger partial charge is 0.0265 e. The normalized spacial score (nSPS) is 10.9. The lowest BCUT2D eigenvalue weighted by molar-refractivity contribution is 0.659. The average Bonchev–Trinajstić information content (AvgIpc) is 2.70. The van der Waals surface area contributed by atoms with Gasteiger partial charge in [-0.05, 0) is 56.8 Å². The van der Waals surface area contributed by atoms with Gasteiger partial charge in [0, 0.05) is 17.9 Å². The van der Waals surface area contributed by atoms with E-state index in [9.17, 15) is 0 Å². The predicted octanol–water partition coefficient (Wildman–Crippen LogP) is 3.24. The van der Waals surface area contributed by atoms with Gasteiger partial charge in [0.25, 0.3) is 0 Å². The fourth-order valence-electron chi connectivity index (χ4n) is 2.65. The van der Waals surface area contributed by atoms with Crippen molar-refractivity contribution in [2.24, 2.45) is 5.73 Å². The quantitative estimate of drug-likeness (QED) is 0.845. The van der Waals surface area contributed by atoms with E-state index in [-0.39, 0.29) is 0 Å². The third kappa shape index (κ3) is 3.48. The lowest BCUT2D eigenvalue weighted by atomic mass is 10.1. The first-order valence-electron chi connectivity index (χ1n) is 7.12. The summed E-state index contributed by atoms with van der Waals surface area (Å²) in [6.07, 6.45) is 3.26. The Morgan fingerprint density at radius 3 is 2.47 bits per heavy atom. The van der Waals surface area contributed by atoms with E-state index in [1.165, 1.54) is 22.5 Å². The summed E-state index contributed by atoms with van der Waals surface area (Å²) in [6, 6.07) is 13.0. The van der Waals surface area contributed by atoms with Gasteiger partial charge < -0.3 is 10.3 Å². The molecule has 0 aliphatic heterocycles. The Hall–Kier alpha value is -1.54. The number of nitrogens with zero attached hydrogens (tertiary/aromatic N) is 1. The Labute approximate surface area is 116 Å². The molecule has 2 nitrogen and oxygen atoms in total. The first-order chi connectivity index (χ1) is 9.22. The summed E-state index contributed by atoms with van der Waals surface area (Å²) in [5.74, 6) is 0. The number of aromatic nitrogens is 1. The van der Waals surface area contributed by atoms with Gasteiger partial charge in [-0.1, -0.05) is 30.3 Å². The number of rotatable bonds is 6. The van der Waals surface area contributed by atoms with Gasteiger partial charge in [-0.3, -0.25) is 0 Å². The van der Waals surface area contributed by atoms with Crippen LogP contribution in [0.15, 0.2) is 36.4 Å². The van der Waals surface area contributed by atoms with Crippen LogP contribution in [0, 0.1) is 13.8 Å². The SMILES string of the molecule is Cc1cc(CCCN)c(C)n1CCc1ccccc1. The third-order valence-electron chi connectivity index (χ3n) is 3.80. The molecule has 102 valence electrons. The van der Waals surface area contributed by atoms with Gasteiger partial charge in [-0.2, -0.15) is 0 Å². The van der Waals surface area contributed by atoms with Crippen LogP contribution in [0.1, 0.15) is 28.9 Å². The lowest BCUT2D eigenvalue weighted by Crippen LogP contribution is -2.06. The van der Waals surface area contributed by atoms with Crippen LogP contribution in [0.25, 0.3) is 0 Å². The van der Waals surface area contributed by atoms with Crippen molar-refractivity contribution in [2.75, 3.05) is 6.54 Å².